The predicted octanol–water partition coefficient (Wildman–Crippen LogP) is 31.4. The highest BCUT2D eigenvalue weighted by Crippen LogP contribution is 2.34. The minimum atomic E-state index is -0.606. The Bertz CT molecular complexity index is 4310. The Morgan fingerprint density at radius 2 is 0.716 bits per heavy atom. The maximum atomic E-state index is 10.1. The highest BCUT2D eigenvalue weighted by Gasteiger charge is 2.22. The van der Waals surface area contributed by atoms with Crippen LogP contribution in [-0.4, -0.2) is 84.1 Å². The lowest BCUT2D eigenvalue weighted by atomic mass is 9.90. The van der Waals surface area contributed by atoms with E-state index in [-0.39, 0.29) is 18.3 Å². The van der Waals surface area contributed by atoms with Crippen molar-refractivity contribution in [3.05, 3.63) is 225 Å². The normalized spacial score (nSPS) is 17.1. The van der Waals surface area contributed by atoms with Crippen LogP contribution in [0.4, 0.5) is 0 Å². The van der Waals surface area contributed by atoms with Gasteiger partial charge in [0.2, 0.25) is 0 Å². The molecule has 0 amide bonds. The van der Waals surface area contributed by atoms with Crippen molar-refractivity contribution in [2.24, 2.45) is 40.5 Å². The first-order valence-electron chi connectivity index (χ1n) is 53.1. The van der Waals surface area contributed by atoms with E-state index in [1.165, 1.54) is 254 Å². The van der Waals surface area contributed by atoms with Crippen molar-refractivity contribution in [2.45, 2.75) is 381 Å². The third-order valence-corrected chi connectivity index (χ3v) is 27.4. The number of hydrogen-bond acceptors (Lipinski definition) is 16. The lowest BCUT2D eigenvalue weighted by Crippen LogP contribution is -2.25. The first-order valence-corrected chi connectivity index (χ1v) is 54.0. The van der Waals surface area contributed by atoms with Crippen molar-refractivity contribution in [1.82, 2.24) is 4.98 Å². The van der Waals surface area contributed by atoms with E-state index in [0.29, 0.717) is 37.2 Å². The topological polar surface area (TPSA) is 210 Å². The number of nitrogens with zero attached hydrogens (tertiary/aromatic N) is 2. The summed E-state index contributed by atoms with van der Waals surface area (Å²) in [7, 11) is 0. The van der Waals surface area contributed by atoms with Crippen molar-refractivity contribution in [3.63, 3.8) is 0 Å². The highest BCUT2D eigenvalue weighted by molar-refractivity contribution is 7.09. The molecule has 16 heteroatoms. The molecule has 1 aliphatic heterocycles. The average molecular weight is 1860 g/mol. The molecular weight excluding hydrogens is 1680 g/mol. The Balaban J connectivity index is 0.000000193. The van der Waals surface area contributed by atoms with E-state index in [0.717, 1.165) is 188 Å². The summed E-state index contributed by atoms with van der Waals surface area (Å²) in [5.74, 6) is 15.7. The minimum absolute atomic E-state index is 0.220. The van der Waals surface area contributed by atoms with E-state index < -0.39 is 6.10 Å². The summed E-state index contributed by atoms with van der Waals surface area (Å²) in [4.78, 5) is 4.20. The largest absolute Gasteiger partial charge is 0.493 e. The van der Waals surface area contributed by atoms with Crippen LogP contribution >= 0.6 is 11.3 Å². The fraction of sp³-hybridized carbons (Fsp3) is 0.602. The van der Waals surface area contributed by atoms with E-state index >= 15 is 0 Å². The lowest BCUT2D eigenvalue weighted by molar-refractivity contribution is -0.0111. The summed E-state index contributed by atoms with van der Waals surface area (Å²) < 4.78 is 47.0. The van der Waals surface area contributed by atoms with Gasteiger partial charge in [0.15, 0.2) is 0 Å². The molecular formula is C118H176N4O11S. The van der Waals surface area contributed by atoms with Crippen LogP contribution in [0.2, 0.25) is 0 Å². The smallest absolute Gasteiger partial charge is 0.140 e. The Hall–Kier alpha value is -8.25. The number of aryl methyl sites for hydroxylation is 3. The summed E-state index contributed by atoms with van der Waals surface area (Å²) in [5, 5.41) is 44.4. The maximum absolute atomic E-state index is 10.1. The first kappa shape index (κ1) is 111. The average Bonchev–Trinajstić information content (AvgIpc) is 1.11. The molecule has 14 rings (SSSR count). The Morgan fingerprint density at radius 3 is 1.06 bits per heavy atom. The van der Waals surface area contributed by atoms with Gasteiger partial charge in [-0.1, -0.05) is 281 Å². The van der Waals surface area contributed by atoms with Crippen LogP contribution in [0.1, 0.15) is 393 Å². The van der Waals surface area contributed by atoms with Gasteiger partial charge >= 0.3 is 0 Å². The summed E-state index contributed by atoms with van der Waals surface area (Å²) >= 11 is 1.62. The zero-order valence-corrected chi connectivity index (χ0v) is 84.7. The zero-order valence-electron chi connectivity index (χ0n) is 83.9. The van der Waals surface area contributed by atoms with Gasteiger partial charge in [-0.3, -0.25) is 0 Å². The molecule has 4 unspecified atom stereocenters. The van der Waals surface area contributed by atoms with Crippen LogP contribution in [0.5, 0.6) is 40.2 Å². The van der Waals surface area contributed by atoms with Crippen molar-refractivity contribution >= 4 is 22.8 Å². The van der Waals surface area contributed by atoms with Gasteiger partial charge in [0.25, 0.3) is 0 Å². The fourth-order valence-corrected chi connectivity index (χ4v) is 19.0. The Morgan fingerprint density at radius 1 is 0.388 bits per heavy atom. The quantitative estimate of drug-likeness (QED) is 0.0137. The number of hydrogen-bond donors (Lipinski definition) is 5. The number of ether oxygens (including phenoxy) is 8. The molecule has 8 aromatic rings. The number of unbranched alkanes of at least 4 members (excludes halogenated alkanes) is 3. The van der Waals surface area contributed by atoms with Crippen LogP contribution in [0.15, 0.2) is 187 Å². The fourth-order valence-electron chi connectivity index (χ4n) is 18.5. The van der Waals surface area contributed by atoms with Gasteiger partial charge < -0.3 is 64.5 Å². The predicted molar refractivity (Wildman–Crippen MR) is 559 cm³/mol. The molecule has 5 aliphatic carbocycles. The van der Waals surface area contributed by atoms with Gasteiger partial charge in [-0.05, 0) is 296 Å². The summed E-state index contributed by atoms with van der Waals surface area (Å²) in [6.45, 7) is 21.0. The molecule has 4 atom stereocenters. The number of nitrogens with two attached hydrogens (primary N) is 1. The second-order valence-electron chi connectivity index (χ2n) is 38.6. The van der Waals surface area contributed by atoms with Crippen LogP contribution in [0, 0.1) is 35.0 Å². The van der Waals surface area contributed by atoms with Crippen LogP contribution in [0.25, 0.3) is 0 Å². The number of aliphatic hydroxyl groups excluding tert-OH is 3. The van der Waals surface area contributed by atoms with Gasteiger partial charge in [0, 0.05) is 35.9 Å². The molecule has 6 fully saturated rings. The third-order valence-electron chi connectivity index (χ3n) is 26.7. The highest BCUT2D eigenvalue weighted by atomic mass is 32.1. The monoisotopic (exact) mass is 1860 g/mol. The molecule has 1 aromatic heterocycles. The van der Waals surface area contributed by atoms with Crippen molar-refractivity contribution in [1.29, 1.82) is 5.41 Å². The number of rotatable bonds is 42. The maximum Gasteiger partial charge on any atom is 0.140 e. The standard InChI is InChI=1S/C19H30O2.C19H30O.C17H26N2O.C17H25NO2.C16H24O3.C16H24O.C14H17NOS/c1-2-9-19(20)17-12-8-13-18(14-17)21-15-16-10-6-4-3-5-7-11-16;1-2-3-10-17-13-9-14-19(15-17)20-16-18-11-7-5-4-6-8-12-18;1-2-7-17(19-18)15-10-6-11-16(12-15)20-13-14-8-4-3-5-9-14;1-13(18)10-17(19)15-8-5-9-16(11-15)20-12-14-6-3-2-4-7-14;1-2-6-16(17)13-7-5-9-14(11-13)19-12-15-8-3-4-10-18-15;1-2-3-7-14-10-6-11-16(12-14)17-13-15-8-4-5-9-15;1-2-3-5-12-6-4-7-13(10-12)16-11-14-15-8-9-17-14/h8,12-14,16,19-20H,2-7,9-11,15H2,1H3;9,13-15,18H,2-8,10-12,16H2,1H3;6,10-12,14H,2-5,7-9,13,18H2,1H3;5,8-9,11,14,17-19H,2-4,6-7,10,12H2,1H3;5,7,9,11,15-17H,2-4,6,8,10,12H2,1H3;6,10-12,15H,2-5,7-9,13H2,1H3;4,6-10H,2-3,5,11H2,1H3. The molecule has 15 nitrogen and oxygen atoms in total. The summed E-state index contributed by atoms with van der Waals surface area (Å²) in [5.41, 5.74) is 9.45. The van der Waals surface area contributed by atoms with E-state index in [1.54, 1.807) is 24.5 Å². The lowest BCUT2D eigenvalue weighted by Gasteiger charge is -2.22. The number of benzene rings is 7. The third kappa shape index (κ3) is 47.7. The second kappa shape index (κ2) is 69.5. The molecule has 740 valence electrons. The number of aromatic nitrogens is 1. The van der Waals surface area contributed by atoms with Gasteiger partial charge in [-0.25, -0.2) is 4.98 Å². The Kier molecular flexibility index (Phi) is 57.6. The molecule has 5 saturated carbocycles. The number of hydrazone groups is 1. The minimum Gasteiger partial charge on any atom is -0.493 e. The first-order chi connectivity index (χ1) is 65.7. The molecule has 134 heavy (non-hydrogen) atoms. The van der Waals surface area contributed by atoms with Crippen LogP contribution in [-0.2, 0) is 30.6 Å². The summed E-state index contributed by atoms with van der Waals surface area (Å²) in [6.07, 6.45) is 59.1. The Labute approximate surface area is 815 Å². The van der Waals surface area contributed by atoms with Crippen LogP contribution < -0.4 is 39.0 Å². The number of aliphatic hydroxyl groups is 3. The van der Waals surface area contributed by atoms with E-state index in [9.17, 15) is 15.3 Å². The molecule has 0 spiro atoms. The molecule has 2 heterocycles. The number of thiazole rings is 1. The SMILES string of the molecule is CC(=N)CC(O)c1cccc(OCC2CCCCC2)c1.CCCC(=NN)c1cccc(OCC2CCCCC2)c1.CCCC(O)c1cccc(OCC2CCCCCCC2)c1.CCCC(O)c1cccc(OCC2CCCCO2)c1.CCCCc1cccc(OCC2CCCC2)c1.CCCCc1cccc(OCC2CCCCCCC2)c1.CCCCc1cccc(OCc2nccs2)c1. The molecule has 6 N–H and O–H groups in total. The summed E-state index contributed by atoms with van der Waals surface area (Å²) in [6, 6.07) is 57.2. The molecule has 7 aromatic carbocycles. The second-order valence-corrected chi connectivity index (χ2v) is 39.6. The van der Waals surface area contributed by atoms with Crippen molar-refractivity contribution in [3.8, 4) is 40.2 Å². The number of nitrogens with one attached hydrogen (secondary N) is 1. The molecule has 0 bridgehead atoms. The van der Waals surface area contributed by atoms with E-state index in [2.05, 4.69) is 130 Å². The van der Waals surface area contributed by atoms with Crippen molar-refractivity contribution < 1.29 is 53.2 Å². The van der Waals surface area contributed by atoms with Gasteiger partial charge in [-0.15, -0.1) is 11.3 Å². The molecule has 0 radical (unpaired) electrons. The van der Waals surface area contributed by atoms with Gasteiger partial charge in [0.05, 0.1) is 63.2 Å². The van der Waals surface area contributed by atoms with Gasteiger partial charge in [-0.2, -0.15) is 5.10 Å². The zero-order chi connectivity index (χ0) is 94.9. The van der Waals surface area contributed by atoms with Crippen molar-refractivity contribution in [2.75, 3.05) is 46.2 Å². The molecule has 6 aliphatic rings. The van der Waals surface area contributed by atoms with E-state index in [4.69, 9.17) is 49.1 Å². The van der Waals surface area contributed by atoms with Crippen LogP contribution in [0.3, 0.4) is 0 Å². The molecule has 1 saturated heterocycles. The van der Waals surface area contributed by atoms with Gasteiger partial charge in [0.1, 0.15) is 58.5 Å². The van der Waals surface area contributed by atoms with E-state index in [1.807, 2.05) is 96.4 Å².